The molecular formula is C23H28ClN3O4. The van der Waals surface area contributed by atoms with Crippen LogP contribution in [0.5, 0.6) is 5.75 Å². The zero-order valence-electron chi connectivity index (χ0n) is 17.8. The van der Waals surface area contributed by atoms with Crippen LogP contribution in [0.2, 0.25) is 0 Å². The lowest BCUT2D eigenvalue weighted by molar-refractivity contribution is -0.136. The second-order valence-corrected chi connectivity index (χ2v) is 7.38. The first-order valence-corrected chi connectivity index (χ1v) is 10.6. The van der Waals surface area contributed by atoms with E-state index >= 15 is 0 Å². The third-order valence-electron chi connectivity index (χ3n) is 4.56. The highest BCUT2D eigenvalue weighted by atomic mass is 35.5. The maximum atomic E-state index is 12.8. The first-order chi connectivity index (χ1) is 14.9. The van der Waals surface area contributed by atoms with Gasteiger partial charge in [-0.05, 0) is 36.2 Å². The molecule has 8 heteroatoms. The number of nitrogens with zero attached hydrogens (tertiary/aromatic N) is 1. The number of rotatable bonds is 11. The van der Waals surface area contributed by atoms with E-state index in [0.717, 1.165) is 12.8 Å². The van der Waals surface area contributed by atoms with Crippen LogP contribution in [-0.4, -0.2) is 49.4 Å². The molecule has 2 N–H and O–H groups in total. The molecule has 2 rings (SSSR count). The molecular weight excluding hydrogens is 418 g/mol. The van der Waals surface area contributed by atoms with Crippen molar-refractivity contribution in [1.29, 1.82) is 0 Å². The van der Waals surface area contributed by atoms with Crippen LogP contribution < -0.4 is 15.4 Å². The SMILES string of the molecule is CCCCN(CC(=O)NCC(=O)Nc1ccc(OC)cc1)C(=O)C(Cl)c1ccccc1. The topological polar surface area (TPSA) is 87.7 Å². The zero-order chi connectivity index (χ0) is 22.6. The van der Waals surface area contributed by atoms with Gasteiger partial charge in [-0.2, -0.15) is 0 Å². The molecule has 0 saturated heterocycles. The Balaban J connectivity index is 1.89. The molecule has 2 aromatic rings. The van der Waals surface area contributed by atoms with E-state index in [1.54, 1.807) is 43.5 Å². The van der Waals surface area contributed by atoms with Crippen LogP contribution >= 0.6 is 11.6 Å². The molecule has 166 valence electrons. The highest BCUT2D eigenvalue weighted by molar-refractivity contribution is 6.30. The van der Waals surface area contributed by atoms with Crippen LogP contribution in [0.3, 0.4) is 0 Å². The Bertz CT molecular complexity index is 859. The third kappa shape index (κ3) is 7.94. The number of unbranched alkanes of at least 4 members (excludes halogenated alkanes) is 1. The molecule has 31 heavy (non-hydrogen) atoms. The predicted molar refractivity (Wildman–Crippen MR) is 121 cm³/mol. The van der Waals surface area contributed by atoms with Crippen LogP contribution in [0.1, 0.15) is 30.7 Å². The molecule has 0 radical (unpaired) electrons. The maximum absolute atomic E-state index is 12.8. The molecule has 0 aliphatic heterocycles. The zero-order valence-corrected chi connectivity index (χ0v) is 18.5. The highest BCUT2D eigenvalue weighted by Gasteiger charge is 2.25. The van der Waals surface area contributed by atoms with Crippen molar-refractivity contribution in [3.05, 3.63) is 60.2 Å². The van der Waals surface area contributed by atoms with Crippen molar-refractivity contribution >= 4 is 35.0 Å². The van der Waals surface area contributed by atoms with E-state index < -0.39 is 11.3 Å². The average molecular weight is 446 g/mol. The lowest BCUT2D eigenvalue weighted by Gasteiger charge is -2.24. The molecule has 7 nitrogen and oxygen atoms in total. The summed E-state index contributed by atoms with van der Waals surface area (Å²) in [6, 6.07) is 15.9. The van der Waals surface area contributed by atoms with Gasteiger partial charge in [-0.1, -0.05) is 43.7 Å². The van der Waals surface area contributed by atoms with E-state index in [1.807, 2.05) is 25.1 Å². The fourth-order valence-corrected chi connectivity index (χ4v) is 3.11. The number of methoxy groups -OCH3 is 1. The van der Waals surface area contributed by atoms with E-state index in [0.29, 0.717) is 23.5 Å². The number of hydrogen-bond acceptors (Lipinski definition) is 4. The van der Waals surface area contributed by atoms with Gasteiger partial charge in [-0.3, -0.25) is 14.4 Å². The number of halogens is 1. The Morgan fingerprint density at radius 1 is 1.03 bits per heavy atom. The summed E-state index contributed by atoms with van der Waals surface area (Å²) in [4.78, 5) is 38.7. The Morgan fingerprint density at radius 2 is 1.71 bits per heavy atom. The first kappa shape index (κ1) is 24.2. The van der Waals surface area contributed by atoms with Gasteiger partial charge in [0, 0.05) is 12.2 Å². The van der Waals surface area contributed by atoms with Crippen molar-refractivity contribution in [3.63, 3.8) is 0 Å². The van der Waals surface area contributed by atoms with E-state index in [2.05, 4.69) is 10.6 Å². The summed E-state index contributed by atoms with van der Waals surface area (Å²) in [6.45, 7) is 2.05. The minimum absolute atomic E-state index is 0.162. The summed E-state index contributed by atoms with van der Waals surface area (Å²) in [7, 11) is 1.56. The minimum Gasteiger partial charge on any atom is -0.497 e. The number of carbonyl (C=O) groups is 3. The van der Waals surface area contributed by atoms with Gasteiger partial charge in [0.2, 0.25) is 17.7 Å². The van der Waals surface area contributed by atoms with Crippen LogP contribution in [0.15, 0.2) is 54.6 Å². The van der Waals surface area contributed by atoms with Crippen LogP contribution in [0, 0.1) is 0 Å². The van der Waals surface area contributed by atoms with Gasteiger partial charge in [-0.15, -0.1) is 11.6 Å². The molecule has 0 heterocycles. The van der Waals surface area contributed by atoms with Crippen LogP contribution in [0.25, 0.3) is 0 Å². The molecule has 2 aromatic carbocycles. The molecule has 0 aliphatic carbocycles. The van der Waals surface area contributed by atoms with Gasteiger partial charge in [0.15, 0.2) is 0 Å². The largest absolute Gasteiger partial charge is 0.497 e. The van der Waals surface area contributed by atoms with Crippen molar-refractivity contribution < 1.29 is 19.1 Å². The normalized spacial score (nSPS) is 11.3. The van der Waals surface area contributed by atoms with Gasteiger partial charge >= 0.3 is 0 Å². The number of hydrogen-bond donors (Lipinski definition) is 2. The second kappa shape index (κ2) is 12.6. The van der Waals surface area contributed by atoms with Crippen molar-refractivity contribution in [2.75, 3.05) is 32.1 Å². The lowest BCUT2D eigenvalue weighted by atomic mass is 10.1. The first-order valence-electron chi connectivity index (χ1n) is 10.1. The quantitative estimate of drug-likeness (QED) is 0.519. The van der Waals surface area contributed by atoms with Crippen LogP contribution in [-0.2, 0) is 14.4 Å². The second-order valence-electron chi connectivity index (χ2n) is 6.94. The number of benzene rings is 2. The smallest absolute Gasteiger partial charge is 0.245 e. The predicted octanol–water partition coefficient (Wildman–Crippen LogP) is 3.36. The molecule has 0 aromatic heterocycles. The molecule has 3 amide bonds. The standard InChI is InChI=1S/C23H28ClN3O4/c1-3-4-14-27(23(30)22(24)17-8-6-5-7-9-17)16-21(29)25-15-20(28)26-18-10-12-19(31-2)13-11-18/h5-13,22H,3-4,14-16H2,1-2H3,(H,25,29)(H,26,28). The highest BCUT2D eigenvalue weighted by Crippen LogP contribution is 2.23. The van der Waals surface area contributed by atoms with E-state index in [1.165, 1.54) is 4.90 Å². The van der Waals surface area contributed by atoms with Crippen molar-refractivity contribution in [1.82, 2.24) is 10.2 Å². The maximum Gasteiger partial charge on any atom is 0.245 e. The van der Waals surface area contributed by atoms with Gasteiger partial charge in [0.25, 0.3) is 0 Å². The van der Waals surface area contributed by atoms with Crippen molar-refractivity contribution in [3.8, 4) is 5.75 Å². The summed E-state index contributed by atoms with van der Waals surface area (Å²) in [5, 5.41) is 4.37. The fourth-order valence-electron chi connectivity index (χ4n) is 2.83. The molecule has 1 atom stereocenters. The third-order valence-corrected chi connectivity index (χ3v) is 5.00. The van der Waals surface area contributed by atoms with Crippen LogP contribution in [0.4, 0.5) is 5.69 Å². The Morgan fingerprint density at radius 3 is 2.32 bits per heavy atom. The van der Waals surface area contributed by atoms with E-state index in [9.17, 15) is 14.4 Å². The molecule has 0 fully saturated rings. The molecule has 0 bridgehead atoms. The number of ether oxygens (including phenoxy) is 1. The summed E-state index contributed by atoms with van der Waals surface area (Å²) in [5.41, 5.74) is 1.27. The van der Waals surface area contributed by atoms with Gasteiger partial charge < -0.3 is 20.3 Å². The summed E-state index contributed by atoms with van der Waals surface area (Å²) < 4.78 is 5.07. The molecule has 0 aliphatic rings. The summed E-state index contributed by atoms with van der Waals surface area (Å²) >= 11 is 6.36. The molecule has 0 spiro atoms. The van der Waals surface area contributed by atoms with Gasteiger partial charge in [0.05, 0.1) is 20.2 Å². The van der Waals surface area contributed by atoms with E-state index in [4.69, 9.17) is 16.3 Å². The summed E-state index contributed by atoms with van der Waals surface area (Å²) in [6.07, 6.45) is 1.61. The number of amides is 3. The minimum atomic E-state index is -0.871. The van der Waals surface area contributed by atoms with E-state index in [-0.39, 0.29) is 24.9 Å². The van der Waals surface area contributed by atoms with Crippen molar-refractivity contribution in [2.45, 2.75) is 25.1 Å². The van der Waals surface area contributed by atoms with Gasteiger partial charge in [0.1, 0.15) is 11.1 Å². The Hall–Kier alpha value is -3.06. The van der Waals surface area contributed by atoms with Crippen molar-refractivity contribution in [2.24, 2.45) is 0 Å². The molecule has 0 saturated carbocycles. The number of anilines is 1. The fraction of sp³-hybridized carbons (Fsp3) is 0.348. The number of alkyl halides is 1. The summed E-state index contributed by atoms with van der Waals surface area (Å²) in [5.74, 6) is -0.453. The Kier molecular flexibility index (Phi) is 9.84. The average Bonchev–Trinajstić information content (AvgIpc) is 2.80. The van der Waals surface area contributed by atoms with Gasteiger partial charge in [-0.25, -0.2) is 0 Å². The number of nitrogens with one attached hydrogen (secondary N) is 2. The lowest BCUT2D eigenvalue weighted by Crippen LogP contribution is -2.44. The monoisotopic (exact) mass is 445 g/mol. The number of carbonyl (C=O) groups excluding carboxylic acids is 3. The Labute approximate surface area is 187 Å². The molecule has 1 unspecified atom stereocenters.